The number of rotatable bonds is 3. The first kappa shape index (κ1) is 11.5. The molecule has 0 atom stereocenters. The summed E-state index contributed by atoms with van der Waals surface area (Å²) in [6, 6.07) is 7.70. The quantitative estimate of drug-likeness (QED) is 0.615. The predicted octanol–water partition coefficient (Wildman–Crippen LogP) is 1.21. The summed E-state index contributed by atoms with van der Waals surface area (Å²) in [6.07, 6.45) is 1.60. The molecule has 1 aromatic carbocycles. The fourth-order valence-corrected chi connectivity index (χ4v) is 3.06. The molecule has 1 heterocycles. The lowest BCUT2D eigenvalue weighted by atomic mass is 10.4. The fraction of sp³-hybridized carbons (Fsp3) is 0. The summed E-state index contributed by atoms with van der Waals surface area (Å²) < 4.78 is 24.8. The molecule has 8 heteroatoms. The molecule has 0 aliphatic rings. The van der Waals surface area contributed by atoms with Crippen LogP contribution in [0, 0.1) is 11.5 Å². The monoisotopic (exact) mass is 266 g/mol. The topological polar surface area (TPSA) is 86.9 Å². The fourth-order valence-electron chi connectivity index (χ4n) is 1.15. The van der Waals surface area contributed by atoms with Gasteiger partial charge in [-0.1, -0.05) is 29.5 Å². The van der Waals surface area contributed by atoms with E-state index in [0.717, 1.165) is 11.3 Å². The van der Waals surface area contributed by atoms with Gasteiger partial charge in [-0.25, -0.2) is 0 Å². The van der Waals surface area contributed by atoms with E-state index in [-0.39, 0.29) is 10.0 Å². The number of benzene rings is 1. The Balaban J connectivity index is 2.50. The molecule has 0 saturated heterocycles. The highest BCUT2D eigenvalue weighted by molar-refractivity contribution is 7.93. The lowest BCUT2D eigenvalue weighted by molar-refractivity contribution is 0.596. The number of aromatic nitrogens is 2. The van der Waals surface area contributed by atoms with Crippen LogP contribution in [0.5, 0.6) is 0 Å². The second-order valence-corrected chi connectivity index (χ2v) is 5.50. The number of sulfonamides is 1. The zero-order chi connectivity index (χ0) is 12.3. The number of nitriles is 1. The average molecular weight is 266 g/mol. The van der Waals surface area contributed by atoms with Gasteiger partial charge in [-0.3, -0.25) is 0 Å². The van der Waals surface area contributed by atoms with Gasteiger partial charge in [0.1, 0.15) is 5.51 Å². The molecule has 0 amide bonds. The minimum absolute atomic E-state index is 0.0244. The zero-order valence-corrected chi connectivity index (χ0v) is 10.0. The van der Waals surface area contributed by atoms with E-state index in [9.17, 15) is 8.42 Å². The second kappa shape index (κ2) is 4.48. The first-order valence-electron chi connectivity index (χ1n) is 4.42. The van der Waals surface area contributed by atoms with Crippen LogP contribution in [-0.2, 0) is 10.0 Å². The van der Waals surface area contributed by atoms with Crippen molar-refractivity contribution >= 4 is 26.5 Å². The zero-order valence-electron chi connectivity index (χ0n) is 8.39. The van der Waals surface area contributed by atoms with Crippen molar-refractivity contribution in [2.75, 3.05) is 4.31 Å². The lowest BCUT2D eigenvalue weighted by Gasteiger charge is -2.11. The van der Waals surface area contributed by atoms with Gasteiger partial charge < -0.3 is 0 Å². The summed E-state index contributed by atoms with van der Waals surface area (Å²) in [5.74, 6) is 0. The van der Waals surface area contributed by atoms with E-state index in [1.54, 1.807) is 24.4 Å². The Hall–Kier alpha value is -1.98. The summed E-state index contributed by atoms with van der Waals surface area (Å²) in [7, 11) is -3.89. The van der Waals surface area contributed by atoms with Crippen molar-refractivity contribution < 1.29 is 8.42 Å². The van der Waals surface area contributed by atoms with Crippen molar-refractivity contribution in [1.29, 1.82) is 5.26 Å². The molecule has 0 radical (unpaired) electrons. The first-order chi connectivity index (χ1) is 8.16. The van der Waals surface area contributed by atoms with Gasteiger partial charge in [0.25, 0.3) is 10.0 Å². The molecule has 86 valence electrons. The first-order valence-corrected chi connectivity index (χ1v) is 6.74. The molecular formula is C9H6N4O2S2. The summed E-state index contributed by atoms with van der Waals surface area (Å²) in [4.78, 5) is 0.0387. The maximum absolute atomic E-state index is 12.1. The molecule has 0 saturated carbocycles. The molecule has 0 unspecified atom stereocenters. The predicted molar refractivity (Wildman–Crippen MR) is 61.6 cm³/mol. The van der Waals surface area contributed by atoms with Crippen LogP contribution in [0.4, 0.5) is 5.13 Å². The van der Waals surface area contributed by atoms with E-state index in [1.165, 1.54) is 17.6 Å². The molecule has 1 aromatic heterocycles. The minimum Gasteiger partial charge on any atom is -0.200 e. The van der Waals surface area contributed by atoms with Crippen LogP contribution in [0.15, 0.2) is 40.7 Å². The molecule has 0 N–H and O–H groups in total. The second-order valence-electron chi connectivity index (χ2n) is 2.90. The van der Waals surface area contributed by atoms with Crippen molar-refractivity contribution in [3.63, 3.8) is 0 Å². The highest BCUT2D eigenvalue weighted by Crippen LogP contribution is 2.23. The van der Waals surface area contributed by atoms with Gasteiger partial charge >= 0.3 is 0 Å². The van der Waals surface area contributed by atoms with Crippen molar-refractivity contribution in [3.8, 4) is 6.19 Å². The standard InChI is InChI=1S/C9H6N4O2S2/c10-6-13(9-12-11-7-16-9)17(14,15)8-4-2-1-3-5-8/h1-5,7H. The molecule has 0 aliphatic heterocycles. The van der Waals surface area contributed by atoms with Gasteiger partial charge in [0.2, 0.25) is 11.3 Å². The number of nitrogens with zero attached hydrogens (tertiary/aromatic N) is 4. The van der Waals surface area contributed by atoms with Crippen LogP contribution in [0.1, 0.15) is 0 Å². The Morgan fingerprint density at radius 3 is 2.53 bits per heavy atom. The highest BCUT2D eigenvalue weighted by Gasteiger charge is 2.27. The Morgan fingerprint density at radius 1 is 1.29 bits per heavy atom. The van der Waals surface area contributed by atoms with E-state index in [1.807, 2.05) is 0 Å². The largest absolute Gasteiger partial charge is 0.278 e. The molecule has 0 fully saturated rings. The molecule has 0 aliphatic carbocycles. The summed E-state index contributed by atoms with van der Waals surface area (Å²) in [5.41, 5.74) is 1.36. The van der Waals surface area contributed by atoms with Crippen molar-refractivity contribution in [2.45, 2.75) is 4.90 Å². The molecular weight excluding hydrogens is 260 g/mol. The van der Waals surface area contributed by atoms with Gasteiger partial charge in [-0.15, -0.1) is 14.5 Å². The molecule has 2 aromatic rings. The van der Waals surface area contributed by atoms with Crippen molar-refractivity contribution in [1.82, 2.24) is 10.2 Å². The van der Waals surface area contributed by atoms with E-state index >= 15 is 0 Å². The average Bonchev–Trinajstić information content (AvgIpc) is 2.84. The third-order valence-electron chi connectivity index (χ3n) is 1.89. The van der Waals surface area contributed by atoms with Crippen LogP contribution < -0.4 is 4.31 Å². The van der Waals surface area contributed by atoms with Crippen LogP contribution in [0.25, 0.3) is 0 Å². The summed E-state index contributed by atoms with van der Waals surface area (Å²) in [6.45, 7) is 0. The van der Waals surface area contributed by atoms with E-state index in [0.29, 0.717) is 4.31 Å². The van der Waals surface area contributed by atoms with Gasteiger partial charge in [0.05, 0.1) is 4.90 Å². The van der Waals surface area contributed by atoms with Crippen molar-refractivity contribution in [3.05, 3.63) is 35.8 Å². The number of anilines is 1. The molecule has 6 nitrogen and oxygen atoms in total. The normalized spacial score (nSPS) is 10.8. The van der Waals surface area contributed by atoms with E-state index < -0.39 is 10.0 Å². The SMILES string of the molecule is N#CN(c1nncs1)S(=O)(=O)c1ccccc1. The maximum atomic E-state index is 12.1. The number of hydrogen-bond acceptors (Lipinski definition) is 6. The molecule has 0 bridgehead atoms. The Morgan fingerprint density at radius 2 is 2.00 bits per heavy atom. The third kappa shape index (κ3) is 2.11. The maximum Gasteiger partial charge on any atom is 0.278 e. The van der Waals surface area contributed by atoms with Crippen LogP contribution >= 0.6 is 11.3 Å². The van der Waals surface area contributed by atoms with Crippen LogP contribution in [0.2, 0.25) is 0 Å². The van der Waals surface area contributed by atoms with E-state index in [2.05, 4.69) is 10.2 Å². The molecule has 2 rings (SSSR count). The highest BCUT2D eigenvalue weighted by atomic mass is 32.2. The summed E-state index contributed by atoms with van der Waals surface area (Å²) in [5, 5.41) is 16.0. The lowest BCUT2D eigenvalue weighted by Crippen LogP contribution is -2.25. The van der Waals surface area contributed by atoms with Crippen LogP contribution in [-0.4, -0.2) is 18.6 Å². The minimum atomic E-state index is -3.89. The Labute approximate surface area is 102 Å². The van der Waals surface area contributed by atoms with Gasteiger partial charge in [0, 0.05) is 0 Å². The van der Waals surface area contributed by atoms with E-state index in [4.69, 9.17) is 5.26 Å². The molecule has 17 heavy (non-hydrogen) atoms. The Bertz CT molecular complexity index is 631. The summed E-state index contributed by atoms with van der Waals surface area (Å²) >= 11 is 0.979. The van der Waals surface area contributed by atoms with Gasteiger partial charge in [-0.05, 0) is 12.1 Å². The van der Waals surface area contributed by atoms with Gasteiger partial charge in [-0.2, -0.15) is 13.7 Å². The third-order valence-corrected chi connectivity index (χ3v) is 4.29. The number of hydrogen-bond donors (Lipinski definition) is 0. The smallest absolute Gasteiger partial charge is 0.200 e. The van der Waals surface area contributed by atoms with Gasteiger partial charge in [0.15, 0.2) is 0 Å². The Kier molecular flexibility index (Phi) is 3.03. The van der Waals surface area contributed by atoms with Crippen LogP contribution in [0.3, 0.4) is 0 Å². The molecule has 0 spiro atoms. The van der Waals surface area contributed by atoms with Crippen molar-refractivity contribution in [2.24, 2.45) is 0 Å².